The number of halogens is 2. The summed E-state index contributed by atoms with van der Waals surface area (Å²) in [6.45, 7) is 1.97. The van der Waals surface area contributed by atoms with Crippen molar-refractivity contribution < 1.29 is 19.0 Å². The van der Waals surface area contributed by atoms with Crippen molar-refractivity contribution in [3.63, 3.8) is 0 Å². The summed E-state index contributed by atoms with van der Waals surface area (Å²) in [5.74, 6) is 1.25. The molecule has 1 amide bonds. The molecular weight excluding hydrogens is 499 g/mol. The van der Waals surface area contributed by atoms with Crippen LogP contribution in [-0.2, 0) is 11.2 Å². The van der Waals surface area contributed by atoms with E-state index in [0.29, 0.717) is 36.4 Å². The Kier molecular flexibility index (Phi) is 6.42. The maximum Gasteiger partial charge on any atom is 0.416 e. The molecule has 1 aromatic heterocycles. The minimum absolute atomic E-state index is 0.0266. The standard InChI is InChI=1S/C28H26Cl2N2O4/c29-18-3-8-21(9-4-18)36-28(33)32-13-11-23-24-15-19(30)5-10-25(24)31-26(23)27(32)17-1-6-20(7-2-17)34-14-12-22-16-35-22/h1-4,6-10,15,19,22,27,31H,5,11-14,16H2/t19?,22?,27-/m0/s1. The summed E-state index contributed by atoms with van der Waals surface area (Å²) in [6.07, 6.45) is 6.56. The number of carbonyl (C=O) groups is 1. The summed E-state index contributed by atoms with van der Waals surface area (Å²) in [6, 6.07) is 14.4. The third-order valence-electron chi connectivity index (χ3n) is 6.85. The van der Waals surface area contributed by atoms with Crippen molar-refractivity contribution in [3.8, 4) is 11.5 Å². The summed E-state index contributed by atoms with van der Waals surface area (Å²) in [5.41, 5.74) is 3.18. The maximum atomic E-state index is 13.4. The summed E-state index contributed by atoms with van der Waals surface area (Å²) in [4.78, 5) is 18.8. The van der Waals surface area contributed by atoms with Gasteiger partial charge in [0.25, 0.3) is 0 Å². The Hall–Kier alpha value is -2.93. The molecule has 3 aromatic rings. The lowest BCUT2D eigenvalue weighted by molar-refractivity contribution is 0.135. The van der Waals surface area contributed by atoms with Gasteiger partial charge >= 0.3 is 6.09 Å². The lowest BCUT2D eigenvalue weighted by Crippen LogP contribution is -2.43. The SMILES string of the molecule is O=C(Oc1ccc(Cl)cc1)N1CCc2c([nH]c3c2=CC(Cl)CC=3)[C@@H]1c1ccc(OCCC2CO2)cc1. The van der Waals surface area contributed by atoms with Crippen molar-refractivity contribution >= 4 is 41.4 Å². The first kappa shape index (κ1) is 23.5. The van der Waals surface area contributed by atoms with Crippen LogP contribution in [0.1, 0.15) is 35.7 Å². The van der Waals surface area contributed by atoms with Gasteiger partial charge in [-0.3, -0.25) is 4.90 Å². The second-order valence-electron chi connectivity index (χ2n) is 9.30. The molecule has 186 valence electrons. The van der Waals surface area contributed by atoms with Crippen molar-refractivity contribution in [1.82, 2.24) is 9.88 Å². The van der Waals surface area contributed by atoms with Crippen LogP contribution in [0.15, 0.2) is 48.5 Å². The average molecular weight is 525 g/mol. The minimum Gasteiger partial charge on any atom is -0.493 e. The number of rotatable bonds is 6. The first-order valence-corrected chi connectivity index (χ1v) is 13.0. The number of hydrogen-bond donors (Lipinski definition) is 1. The Balaban J connectivity index is 1.32. The Morgan fingerprint density at radius 1 is 1.11 bits per heavy atom. The van der Waals surface area contributed by atoms with Crippen LogP contribution < -0.4 is 20.0 Å². The topological polar surface area (TPSA) is 67.1 Å². The fraction of sp³-hybridized carbons (Fsp3) is 0.321. The van der Waals surface area contributed by atoms with E-state index in [9.17, 15) is 4.79 Å². The van der Waals surface area contributed by atoms with Crippen molar-refractivity contribution in [2.75, 3.05) is 19.8 Å². The lowest BCUT2D eigenvalue weighted by Gasteiger charge is -2.35. The Morgan fingerprint density at radius 2 is 1.86 bits per heavy atom. The monoisotopic (exact) mass is 524 g/mol. The molecule has 8 heteroatoms. The molecule has 6 nitrogen and oxygen atoms in total. The highest BCUT2D eigenvalue weighted by Gasteiger charge is 2.35. The van der Waals surface area contributed by atoms with Gasteiger partial charge in [-0.25, -0.2) is 4.79 Å². The van der Waals surface area contributed by atoms with Gasteiger partial charge in [0.1, 0.15) is 17.5 Å². The molecule has 0 spiro atoms. The molecule has 1 aliphatic carbocycles. The van der Waals surface area contributed by atoms with E-state index in [0.717, 1.165) is 47.0 Å². The zero-order chi connectivity index (χ0) is 24.6. The Labute approximate surface area is 219 Å². The third kappa shape index (κ3) is 4.85. The van der Waals surface area contributed by atoms with Crippen LogP contribution in [0.2, 0.25) is 5.02 Å². The number of amides is 1. The number of epoxide rings is 1. The van der Waals surface area contributed by atoms with Crippen LogP contribution >= 0.6 is 23.2 Å². The molecule has 1 N–H and O–H groups in total. The van der Waals surface area contributed by atoms with E-state index in [1.54, 1.807) is 29.2 Å². The highest BCUT2D eigenvalue weighted by molar-refractivity contribution is 6.30. The van der Waals surface area contributed by atoms with Gasteiger partial charge in [-0.15, -0.1) is 11.6 Å². The van der Waals surface area contributed by atoms with Gasteiger partial charge in [0, 0.05) is 34.2 Å². The highest BCUT2D eigenvalue weighted by atomic mass is 35.5. The number of fused-ring (bicyclic) bond motifs is 3. The van der Waals surface area contributed by atoms with E-state index in [4.69, 9.17) is 37.4 Å². The largest absolute Gasteiger partial charge is 0.493 e. The number of nitrogens with zero attached hydrogens (tertiary/aromatic N) is 1. The van der Waals surface area contributed by atoms with Gasteiger partial charge < -0.3 is 19.2 Å². The quantitative estimate of drug-likeness (QED) is 0.379. The summed E-state index contributed by atoms with van der Waals surface area (Å²) in [7, 11) is 0. The van der Waals surface area contributed by atoms with Gasteiger partial charge in [-0.1, -0.05) is 35.9 Å². The van der Waals surface area contributed by atoms with Gasteiger partial charge in [0.2, 0.25) is 0 Å². The first-order chi connectivity index (χ1) is 17.5. The second-order valence-corrected chi connectivity index (χ2v) is 10.3. The van der Waals surface area contributed by atoms with Crippen LogP contribution in [-0.4, -0.2) is 47.2 Å². The molecule has 2 aromatic carbocycles. The number of ether oxygens (including phenoxy) is 3. The molecule has 0 saturated carbocycles. The van der Waals surface area contributed by atoms with Crippen molar-refractivity contribution in [2.24, 2.45) is 0 Å². The molecule has 2 unspecified atom stereocenters. The Morgan fingerprint density at radius 3 is 2.61 bits per heavy atom. The number of nitrogens with one attached hydrogen (secondary N) is 1. The van der Waals surface area contributed by atoms with E-state index in [1.807, 2.05) is 24.3 Å². The van der Waals surface area contributed by atoms with Crippen LogP contribution in [0.4, 0.5) is 4.79 Å². The van der Waals surface area contributed by atoms with E-state index < -0.39 is 6.09 Å². The van der Waals surface area contributed by atoms with E-state index >= 15 is 0 Å². The Bertz CT molecular complexity index is 1380. The number of hydrogen-bond acceptors (Lipinski definition) is 4. The predicted molar refractivity (Wildman–Crippen MR) is 139 cm³/mol. The highest BCUT2D eigenvalue weighted by Crippen LogP contribution is 2.34. The predicted octanol–water partition coefficient (Wildman–Crippen LogP) is 4.55. The van der Waals surface area contributed by atoms with Gasteiger partial charge in [0.05, 0.1) is 24.7 Å². The molecule has 1 fully saturated rings. The van der Waals surface area contributed by atoms with Crippen LogP contribution in [0, 0.1) is 0 Å². The van der Waals surface area contributed by atoms with Gasteiger partial charge in [-0.2, -0.15) is 0 Å². The van der Waals surface area contributed by atoms with Crippen LogP contribution in [0.25, 0.3) is 12.2 Å². The number of carbonyl (C=O) groups excluding carboxylic acids is 1. The smallest absolute Gasteiger partial charge is 0.416 e. The van der Waals surface area contributed by atoms with Crippen molar-refractivity contribution in [1.29, 1.82) is 0 Å². The summed E-state index contributed by atoms with van der Waals surface area (Å²) in [5, 5.41) is 2.77. The van der Waals surface area contributed by atoms with Crippen LogP contribution in [0.3, 0.4) is 0 Å². The van der Waals surface area contributed by atoms with Crippen molar-refractivity contribution in [2.45, 2.75) is 36.8 Å². The maximum absolute atomic E-state index is 13.4. The molecule has 2 aliphatic heterocycles. The van der Waals surface area contributed by atoms with E-state index in [2.05, 4.69) is 17.1 Å². The molecule has 1 saturated heterocycles. The summed E-state index contributed by atoms with van der Waals surface area (Å²) < 4.78 is 16.9. The average Bonchev–Trinajstić information content (AvgIpc) is 3.64. The zero-order valence-electron chi connectivity index (χ0n) is 19.6. The van der Waals surface area contributed by atoms with E-state index in [-0.39, 0.29) is 11.4 Å². The molecule has 36 heavy (non-hydrogen) atoms. The van der Waals surface area contributed by atoms with E-state index in [1.165, 1.54) is 5.56 Å². The first-order valence-electron chi connectivity index (χ1n) is 12.2. The minimum atomic E-state index is -0.409. The molecule has 3 heterocycles. The number of aromatic amines is 1. The van der Waals surface area contributed by atoms with Gasteiger partial charge in [0.15, 0.2) is 0 Å². The number of alkyl halides is 1. The molecular formula is C28H26Cl2N2O4. The summed E-state index contributed by atoms with van der Waals surface area (Å²) >= 11 is 12.4. The third-order valence-corrected chi connectivity index (χ3v) is 7.41. The number of aromatic nitrogens is 1. The lowest BCUT2D eigenvalue weighted by atomic mass is 9.92. The van der Waals surface area contributed by atoms with Crippen LogP contribution in [0.5, 0.6) is 11.5 Å². The normalized spacial score (nSPS) is 22.1. The number of H-pyrrole nitrogens is 1. The van der Waals surface area contributed by atoms with Crippen molar-refractivity contribution in [3.05, 3.63) is 80.9 Å². The number of benzene rings is 2. The molecule has 3 atom stereocenters. The fourth-order valence-corrected chi connectivity index (χ4v) is 5.28. The fourth-order valence-electron chi connectivity index (χ4n) is 4.94. The molecule has 0 radical (unpaired) electrons. The van der Waals surface area contributed by atoms with Gasteiger partial charge in [-0.05, 0) is 60.4 Å². The molecule has 3 aliphatic rings. The second kappa shape index (κ2) is 9.85. The zero-order valence-corrected chi connectivity index (χ0v) is 21.1. The molecule has 0 bridgehead atoms. The molecule has 6 rings (SSSR count).